The van der Waals surface area contributed by atoms with Crippen LogP contribution in [0.1, 0.15) is 23.6 Å². The predicted molar refractivity (Wildman–Crippen MR) is 59.3 cm³/mol. The highest BCUT2D eigenvalue weighted by molar-refractivity contribution is 5.32. The molecule has 14 heavy (non-hydrogen) atoms. The maximum atomic E-state index is 8.87. The molecule has 0 spiro atoms. The SMILES string of the molecule is Cc1cccc(CN[C@@H](C)CO)c1C. The molecule has 0 heterocycles. The first-order valence-electron chi connectivity index (χ1n) is 5.04. The van der Waals surface area contributed by atoms with Crippen molar-refractivity contribution in [3.8, 4) is 0 Å². The summed E-state index contributed by atoms with van der Waals surface area (Å²) in [6.07, 6.45) is 0. The van der Waals surface area contributed by atoms with Crippen molar-refractivity contribution >= 4 is 0 Å². The van der Waals surface area contributed by atoms with E-state index in [4.69, 9.17) is 5.11 Å². The summed E-state index contributed by atoms with van der Waals surface area (Å²) in [4.78, 5) is 0. The molecule has 0 radical (unpaired) electrons. The van der Waals surface area contributed by atoms with E-state index in [0.29, 0.717) is 0 Å². The molecule has 1 rings (SSSR count). The van der Waals surface area contributed by atoms with Gasteiger partial charge in [-0.1, -0.05) is 18.2 Å². The molecule has 0 bridgehead atoms. The van der Waals surface area contributed by atoms with E-state index in [-0.39, 0.29) is 12.6 Å². The molecule has 0 aliphatic heterocycles. The molecule has 78 valence electrons. The summed E-state index contributed by atoms with van der Waals surface area (Å²) in [5.41, 5.74) is 3.97. The van der Waals surface area contributed by atoms with Crippen LogP contribution < -0.4 is 5.32 Å². The van der Waals surface area contributed by atoms with Crippen molar-refractivity contribution in [3.05, 3.63) is 34.9 Å². The Kier molecular flexibility index (Phi) is 4.11. The first kappa shape index (κ1) is 11.2. The van der Waals surface area contributed by atoms with Gasteiger partial charge in [-0.2, -0.15) is 0 Å². The van der Waals surface area contributed by atoms with Gasteiger partial charge in [-0.05, 0) is 37.5 Å². The third kappa shape index (κ3) is 2.82. The van der Waals surface area contributed by atoms with E-state index in [9.17, 15) is 0 Å². The number of aliphatic hydroxyl groups excluding tert-OH is 1. The van der Waals surface area contributed by atoms with Crippen LogP contribution in [0.5, 0.6) is 0 Å². The Morgan fingerprint density at radius 1 is 1.36 bits per heavy atom. The molecule has 0 fully saturated rings. The number of hydrogen-bond acceptors (Lipinski definition) is 2. The summed E-state index contributed by atoms with van der Waals surface area (Å²) < 4.78 is 0. The lowest BCUT2D eigenvalue weighted by Crippen LogP contribution is -2.28. The monoisotopic (exact) mass is 193 g/mol. The minimum absolute atomic E-state index is 0.162. The van der Waals surface area contributed by atoms with Crippen molar-refractivity contribution in [1.82, 2.24) is 5.32 Å². The maximum Gasteiger partial charge on any atom is 0.0582 e. The van der Waals surface area contributed by atoms with Gasteiger partial charge in [0.15, 0.2) is 0 Å². The Labute approximate surface area is 86.0 Å². The molecule has 0 aliphatic rings. The molecular weight excluding hydrogens is 174 g/mol. The second kappa shape index (κ2) is 5.13. The average molecular weight is 193 g/mol. The highest BCUT2D eigenvalue weighted by atomic mass is 16.3. The van der Waals surface area contributed by atoms with Crippen LogP contribution in [-0.4, -0.2) is 17.8 Å². The maximum absolute atomic E-state index is 8.87. The Hall–Kier alpha value is -0.860. The van der Waals surface area contributed by atoms with Crippen molar-refractivity contribution < 1.29 is 5.11 Å². The smallest absolute Gasteiger partial charge is 0.0582 e. The van der Waals surface area contributed by atoms with E-state index < -0.39 is 0 Å². The molecule has 1 atom stereocenters. The van der Waals surface area contributed by atoms with Crippen molar-refractivity contribution in [1.29, 1.82) is 0 Å². The highest BCUT2D eigenvalue weighted by Gasteiger charge is 2.02. The molecule has 0 aliphatic carbocycles. The van der Waals surface area contributed by atoms with E-state index >= 15 is 0 Å². The standard InChI is InChI=1S/C12H19NO/c1-9-5-4-6-12(11(9)3)7-13-10(2)8-14/h4-6,10,13-14H,7-8H2,1-3H3/t10-/m0/s1. The van der Waals surface area contributed by atoms with Crippen LogP contribution in [0, 0.1) is 13.8 Å². The largest absolute Gasteiger partial charge is 0.395 e. The molecule has 0 amide bonds. The first-order valence-corrected chi connectivity index (χ1v) is 5.04. The summed E-state index contributed by atoms with van der Waals surface area (Å²) in [6, 6.07) is 6.48. The zero-order valence-electron chi connectivity index (χ0n) is 9.17. The first-order chi connectivity index (χ1) is 6.65. The molecule has 2 heteroatoms. The van der Waals surface area contributed by atoms with Crippen LogP contribution in [0.3, 0.4) is 0 Å². The topological polar surface area (TPSA) is 32.3 Å². The van der Waals surface area contributed by atoms with Gasteiger partial charge in [-0.25, -0.2) is 0 Å². The lowest BCUT2D eigenvalue weighted by atomic mass is 10.0. The number of benzene rings is 1. The molecule has 0 saturated heterocycles. The minimum atomic E-state index is 0.162. The van der Waals surface area contributed by atoms with E-state index in [1.165, 1.54) is 16.7 Å². The fraction of sp³-hybridized carbons (Fsp3) is 0.500. The van der Waals surface area contributed by atoms with Crippen molar-refractivity contribution in [2.75, 3.05) is 6.61 Å². The van der Waals surface area contributed by atoms with E-state index in [1.807, 2.05) is 6.92 Å². The molecule has 1 aromatic carbocycles. The number of aryl methyl sites for hydroxylation is 1. The zero-order chi connectivity index (χ0) is 10.6. The lowest BCUT2D eigenvalue weighted by Gasteiger charge is -2.13. The van der Waals surface area contributed by atoms with Crippen LogP contribution in [0.25, 0.3) is 0 Å². The van der Waals surface area contributed by atoms with E-state index in [1.54, 1.807) is 0 Å². The van der Waals surface area contributed by atoms with Gasteiger partial charge < -0.3 is 10.4 Å². The Balaban J connectivity index is 2.63. The second-order valence-electron chi connectivity index (χ2n) is 3.82. The molecule has 0 aromatic heterocycles. The molecule has 1 aromatic rings. The fourth-order valence-electron chi connectivity index (χ4n) is 1.35. The molecule has 0 saturated carbocycles. The van der Waals surface area contributed by atoms with Gasteiger partial charge in [0.2, 0.25) is 0 Å². The fourth-order valence-corrected chi connectivity index (χ4v) is 1.35. The molecular formula is C12H19NO. The summed E-state index contributed by atoms with van der Waals surface area (Å²) in [6.45, 7) is 7.25. The van der Waals surface area contributed by atoms with Gasteiger partial charge in [-0.15, -0.1) is 0 Å². The van der Waals surface area contributed by atoms with Gasteiger partial charge >= 0.3 is 0 Å². The summed E-state index contributed by atoms with van der Waals surface area (Å²) in [5.74, 6) is 0. The van der Waals surface area contributed by atoms with E-state index in [2.05, 4.69) is 37.4 Å². The number of nitrogens with one attached hydrogen (secondary N) is 1. The predicted octanol–water partition coefficient (Wildman–Crippen LogP) is 1.77. The van der Waals surface area contributed by atoms with Gasteiger partial charge in [0.25, 0.3) is 0 Å². The van der Waals surface area contributed by atoms with Crippen molar-refractivity contribution in [3.63, 3.8) is 0 Å². The minimum Gasteiger partial charge on any atom is -0.395 e. The van der Waals surface area contributed by atoms with E-state index in [0.717, 1.165) is 6.54 Å². The quantitative estimate of drug-likeness (QED) is 0.764. The number of aliphatic hydroxyl groups is 1. The zero-order valence-corrected chi connectivity index (χ0v) is 9.17. The van der Waals surface area contributed by atoms with Crippen molar-refractivity contribution in [2.45, 2.75) is 33.4 Å². The third-order valence-corrected chi connectivity index (χ3v) is 2.63. The summed E-state index contributed by atoms with van der Waals surface area (Å²) in [5, 5.41) is 12.1. The van der Waals surface area contributed by atoms with Gasteiger partial charge in [0, 0.05) is 12.6 Å². The molecule has 2 N–H and O–H groups in total. The second-order valence-corrected chi connectivity index (χ2v) is 3.82. The van der Waals surface area contributed by atoms with Crippen LogP contribution in [-0.2, 0) is 6.54 Å². The van der Waals surface area contributed by atoms with Crippen molar-refractivity contribution in [2.24, 2.45) is 0 Å². The number of hydrogen-bond donors (Lipinski definition) is 2. The van der Waals surface area contributed by atoms with Gasteiger partial charge in [-0.3, -0.25) is 0 Å². The third-order valence-electron chi connectivity index (χ3n) is 2.63. The normalized spacial score (nSPS) is 12.9. The average Bonchev–Trinajstić information content (AvgIpc) is 2.20. The molecule has 0 unspecified atom stereocenters. The highest BCUT2D eigenvalue weighted by Crippen LogP contribution is 2.12. The van der Waals surface area contributed by atoms with Crippen LogP contribution in [0.2, 0.25) is 0 Å². The van der Waals surface area contributed by atoms with Crippen LogP contribution >= 0.6 is 0 Å². The summed E-state index contributed by atoms with van der Waals surface area (Å²) in [7, 11) is 0. The lowest BCUT2D eigenvalue weighted by molar-refractivity contribution is 0.251. The number of rotatable bonds is 4. The molecule has 2 nitrogen and oxygen atoms in total. The Bertz CT molecular complexity index is 296. The van der Waals surface area contributed by atoms with Crippen LogP contribution in [0.15, 0.2) is 18.2 Å². The van der Waals surface area contributed by atoms with Gasteiger partial charge in [0.05, 0.1) is 6.61 Å². The van der Waals surface area contributed by atoms with Gasteiger partial charge in [0.1, 0.15) is 0 Å². The Morgan fingerprint density at radius 2 is 2.07 bits per heavy atom. The Morgan fingerprint density at radius 3 is 2.71 bits per heavy atom. The van der Waals surface area contributed by atoms with Crippen LogP contribution in [0.4, 0.5) is 0 Å². The summed E-state index contributed by atoms with van der Waals surface area (Å²) >= 11 is 0.